The average Bonchev–Trinajstić information content (AvgIpc) is 3.73. The molecule has 3 aromatic heterocycles. The number of hydrogen-bond donors (Lipinski definition) is 2. The van der Waals surface area contributed by atoms with Gasteiger partial charge in [0.05, 0.1) is 60.5 Å². The van der Waals surface area contributed by atoms with E-state index in [0.29, 0.717) is 78.6 Å². The lowest BCUT2D eigenvalue weighted by Gasteiger charge is -2.48. The number of rotatable bonds is 10. The maximum Gasteiger partial charge on any atom is 0.319 e. The van der Waals surface area contributed by atoms with Crippen molar-refractivity contribution in [3.8, 4) is 23.0 Å². The average molecular weight is 682 g/mol. The summed E-state index contributed by atoms with van der Waals surface area (Å²) in [5.74, 6) is -0.795. The molecule has 1 saturated heterocycles. The van der Waals surface area contributed by atoms with E-state index in [1.807, 2.05) is 11.8 Å². The lowest BCUT2D eigenvalue weighted by atomic mass is 9.46. The molecule has 1 aliphatic carbocycles. The highest BCUT2D eigenvalue weighted by Crippen LogP contribution is 2.48. The minimum Gasteiger partial charge on any atom is -0.508 e. The van der Waals surface area contributed by atoms with Gasteiger partial charge in [-0.1, -0.05) is 25.2 Å². The molecule has 4 heterocycles. The van der Waals surface area contributed by atoms with E-state index in [-0.39, 0.29) is 47.6 Å². The number of aromatic hydroxyl groups is 1. The second-order valence-corrected chi connectivity index (χ2v) is 14.0. The normalized spacial score (nSPS) is 18.2. The zero-order valence-electron chi connectivity index (χ0n) is 28.4. The van der Waals surface area contributed by atoms with Crippen molar-refractivity contribution in [2.24, 2.45) is 11.3 Å². The number of phenolic OH excluding ortho intramolecular Hbond substituents is 1. The molecule has 2 aromatic carbocycles. The first-order valence-corrected chi connectivity index (χ1v) is 16.8. The van der Waals surface area contributed by atoms with Gasteiger partial charge in [0.25, 0.3) is 0 Å². The topological polar surface area (TPSA) is 108 Å². The molecule has 0 amide bonds. The third kappa shape index (κ3) is 6.68. The number of phenols is 1. The van der Waals surface area contributed by atoms with E-state index in [9.17, 15) is 10.2 Å². The second-order valence-electron chi connectivity index (χ2n) is 14.0. The summed E-state index contributed by atoms with van der Waals surface area (Å²) in [7, 11) is 29.1. The summed E-state index contributed by atoms with van der Waals surface area (Å²) in [6, 6.07) is 7.43. The van der Waals surface area contributed by atoms with Gasteiger partial charge in [-0.15, -0.1) is 0 Å². The molecule has 7 rings (SSSR count). The number of aryl methyl sites for hydroxylation is 1. The Morgan fingerprint density at radius 2 is 1.86 bits per heavy atom. The Labute approximate surface area is 300 Å². The fraction of sp³-hybridized carbons (Fsp3) is 0.441. The molecule has 0 spiro atoms. The van der Waals surface area contributed by atoms with Crippen LogP contribution in [0, 0.1) is 23.0 Å². The van der Waals surface area contributed by atoms with Gasteiger partial charge in [-0.2, -0.15) is 15.1 Å². The largest absolute Gasteiger partial charge is 0.508 e. The summed E-state index contributed by atoms with van der Waals surface area (Å²) >= 11 is 0. The second kappa shape index (κ2) is 13.0. The van der Waals surface area contributed by atoms with Crippen LogP contribution in [0.15, 0.2) is 36.5 Å². The van der Waals surface area contributed by atoms with Crippen molar-refractivity contribution in [2.45, 2.75) is 43.9 Å². The zero-order chi connectivity index (χ0) is 36.5. The number of ether oxygens (including phenoxy) is 2. The molecule has 2 fully saturated rings. The van der Waals surface area contributed by atoms with E-state index in [0.717, 1.165) is 4.90 Å². The van der Waals surface area contributed by atoms with Crippen molar-refractivity contribution in [1.82, 2.24) is 24.5 Å². The van der Waals surface area contributed by atoms with Crippen LogP contribution in [0.5, 0.6) is 11.8 Å². The van der Waals surface area contributed by atoms with Crippen LogP contribution in [-0.2, 0) is 11.2 Å². The summed E-state index contributed by atoms with van der Waals surface area (Å²) in [5, 5.41) is 25.0. The van der Waals surface area contributed by atoms with Crippen LogP contribution in [0.3, 0.4) is 0 Å². The molecular formula is C34H33B5F2N6O4. The van der Waals surface area contributed by atoms with Crippen LogP contribution in [0.1, 0.15) is 32.3 Å². The van der Waals surface area contributed by atoms with Crippen molar-refractivity contribution in [3.05, 3.63) is 53.7 Å². The summed E-state index contributed by atoms with van der Waals surface area (Å²) < 4.78 is 46.1. The molecule has 51 heavy (non-hydrogen) atoms. The van der Waals surface area contributed by atoms with E-state index in [4.69, 9.17) is 53.7 Å². The van der Waals surface area contributed by atoms with Crippen LogP contribution in [-0.4, -0.2) is 124 Å². The zero-order valence-corrected chi connectivity index (χ0v) is 28.4. The Morgan fingerprint density at radius 3 is 2.55 bits per heavy atom. The third-order valence-corrected chi connectivity index (χ3v) is 9.75. The van der Waals surface area contributed by atoms with Crippen molar-refractivity contribution >= 4 is 72.2 Å². The Balaban J connectivity index is 1.42. The van der Waals surface area contributed by atoms with Crippen LogP contribution in [0.2, 0.25) is 0 Å². The number of nitrogens with zero attached hydrogens (tertiary/aromatic N) is 6. The van der Waals surface area contributed by atoms with Crippen molar-refractivity contribution < 1.29 is 28.5 Å². The predicted molar refractivity (Wildman–Crippen MR) is 195 cm³/mol. The molecule has 10 radical (unpaired) electrons. The predicted octanol–water partition coefficient (Wildman–Crippen LogP) is 2.64. The minimum atomic E-state index is -2.42. The molecule has 1 aliphatic heterocycles. The minimum absolute atomic E-state index is 0.0137. The molecule has 1 unspecified atom stereocenters. The summed E-state index contributed by atoms with van der Waals surface area (Å²) in [4.78, 5) is 12.4. The molecular weight excluding hydrogens is 648 g/mol. The molecule has 252 valence electrons. The number of aliphatic hydroxyl groups is 1. The van der Waals surface area contributed by atoms with Gasteiger partial charge >= 0.3 is 6.01 Å². The van der Waals surface area contributed by atoms with Crippen molar-refractivity contribution in [1.29, 1.82) is 0 Å². The highest BCUT2D eigenvalue weighted by Gasteiger charge is 2.48. The highest BCUT2D eigenvalue weighted by molar-refractivity contribution is 6.59. The molecule has 1 saturated carbocycles. The van der Waals surface area contributed by atoms with E-state index in [1.54, 1.807) is 12.1 Å². The molecule has 10 nitrogen and oxygen atoms in total. The lowest BCUT2D eigenvalue weighted by molar-refractivity contribution is 0.00577. The SMILES string of the molecule is [B]C([B])([B])N(CC1(COc2nc(N3CCOCC(C)C3)c3c(n2)c(F)c(-c2cc(O)cc4ccc(F)c(CC)c24)n2nccc32)CC1)C([B])([B])O. The van der Waals surface area contributed by atoms with Gasteiger partial charge in [0, 0.05) is 36.1 Å². The number of fused-ring (bicyclic) bond motifs is 4. The number of aromatic nitrogens is 4. The van der Waals surface area contributed by atoms with Gasteiger partial charge in [-0.05, 0) is 65.8 Å². The number of halogens is 2. The smallest absolute Gasteiger partial charge is 0.319 e. The van der Waals surface area contributed by atoms with Gasteiger partial charge in [-0.3, -0.25) is 0 Å². The first kappa shape index (κ1) is 35.6. The Bertz CT molecular complexity index is 2130. The molecule has 2 N–H and O–H groups in total. The van der Waals surface area contributed by atoms with Gasteiger partial charge in [0.15, 0.2) is 5.82 Å². The number of hydrogen-bond acceptors (Lipinski definition) is 9. The van der Waals surface area contributed by atoms with E-state index in [2.05, 4.69) is 17.0 Å². The molecule has 17 heteroatoms. The van der Waals surface area contributed by atoms with Crippen LogP contribution in [0.25, 0.3) is 38.4 Å². The van der Waals surface area contributed by atoms with Crippen LogP contribution >= 0.6 is 0 Å². The highest BCUT2D eigenvalue weighted by atomic mass is 19.1. The summed E-state index contributed by atoms with van der Waals surface area (Å²) in [6.07, 6.45) is 3.12. The van der Waals surface area contributed by atoms with Gasteiger partial charge in [-0.25, -0.2) is 13.3 Å². The van der Waals surface area contributed by atoms with E-state index in [1.165, 1.54) is 28.9 Å². The Kier molecular flexibility index (Phi) is 9.07. The molecule has 1 atom stereocenters. The molecule has 2 aliphatic rings. The number of benzene rings is 2. The number of pyridine rings is 1. The van der Waals surface area contributed by atoms with E-state index < -0.39 is 27.8 Å². The quantitative estimate of drug-likeness (QED) is 0.170. The maximum atomic E-state index is 17.4. The number of anilines is 1. The van der Waals surface area contributed by atoms with Crippen molar-refractivity contribution in [3.63, 3.8) is 0 Å². The van der Waals surface area contributed by atoms with Crippen molar-refractivity contribution in [2.75, 3.05) is 44.4 Å². The molecule has 5 aromatic rings. The maximum absolute atomic E-state index is 17.4. The first-order valence-electron chi connectivity index (χ1n) is 16.8. The summed E-state index contributed by atoms with van der Waals surface area (Å²) in [5.41, 5.74) is -2.01. The monoisotopic (exact) mass is 682 g/mol. The third-order valence-electron chi connectivity index (χ3n) is 9.75. The Morgan fingerprint density at radius 1 is 1.10 bits per heavy atom. The van der Waals surface area contributed by atoms with Gasteiger partial charge in [0.2, 0.25) is 0 Å². The lowest BCUT2D eigenvalue weighted by Crippen LogP contribution is -2.64. The molecule has 0 bridgehead atoms. The van der Waals surface area contributed by atoms with Crippen LogP contribution < -0.4 is 9.64 Å². The fourth-order valence-corrected chi connectivity index (χ4v) is 7.08. The Hall–Kier alpha value is -3.81. The van der Waals surface area contributed by atoms with Gasteiger partial charge < -0.3 is 29.5 Å². The van der Waals surface area contributed by atoms with Gasteiger partial charge in [0.1, 0.15) is 44.3 Å². The first-order chi connectivity index (χ1) is 24.1. The summed E-state index contributed by atoms with van der Waals surface area (Å²) in [6.45, 7) is 5.84. The van der Waals surface area contributed by atoms with E-state index >= 15 is 8.78 Å². The van der Waals surface area contributed by atoms with Crippen LogP contribution in [0.4, 0.5) is 14.6 Å². The fourth-order valence-electron chi connectivity index (χ4n) is 7.08. The standard InChI is InChI=1S/C34H33B5F2N6O4/c1-3-21-23(40)5-4-19-12-20(48)13-22(25(19)21)29-27(41)28-26(24-6-9-42-47(24)29)30(45-10-11-50-15-18(2)14-45)44-31(43-28)51-17-32(7-8-32)16-46(33(35,36)37)34(38,39)49/h4-6,9,12-13,18,48-49H,3,7-8,10-11,14-17H2,1-2H3.